The maximum Gasteiger partial charge on any atom is 0.241 e. The molecule has 3 fully saturated rings. The number of halogens is 1. The lowest BCUT2D eigenvalue weighted by Gasteiger charge is -2.45. The van der Waals surface area contributed by atoms with Crippen molar-refractivity contribution in [2.24, 2.45) is 11.1 Å². The number of likely N-dealkylation sites (tertiary alicyclic amines) is 3. The standard InChI is InChI=1S/C24H32FN5O2/c1-24(2,3)21(15-6-8-16(25)9-7-15)30-18-11-20(23(30)32)28(13-18)14-19(27)22(31)29-10-4-5-17(29)12-26/h6-9,17-21H,4-5,10-11,13-14,27H2,1-3H3/t17-,18?,19-,20-,21+/m0/s1. The van der Waals surface area contributed by atoms with Crippen LogP contribution in [0.5, 0.6) is 0 Å². The van der Waals surface area contributed by atoms with Crippen molar-refractivity contribution in [2.75, 3.05) is 19.6 Å². The van der Waals surface area contributed by atoms with Gasteiger partial charge in [0.2, 0.25) is 11.8 Å². The number of piperazine rings is 1. The van der Waals surface area contributed by atoms with Crippen molar-refractivity contribution in [3.05, 3.63) is 35.6 Å². The Bertz CT molecular complexity index is 922. The molecule has 0 aliphatic carbocycles. The van der Waals surface area contributed by atoms with Gasteiger partial charge in [-0.2, -0.15) is 5.26 Å². The molecule has 8 heteroatoms. The van der Waals surface area contributed by atoms with Crippen LogP contribution >= 0.6 is 0 Å². The molecule has 0 spiro atoms. The van der Waals surface area contributed by atoms with E-state index in [4.69, 9.17) is 5.73 Å². The lowest BCUT2D eigenvalue weighted by Crippen LogP contribution is -2.57. The van der Waals surface area contributed by atoms with Gasteiger partial charge in [-0.05, 0) is 42.4 Å². The topological polar surface area (TPSA) is 93.7 Å². The average molecular weight is 442 g/mol. The molecule has 3 aliphatic heterocycles. The van der Waals surface area contributed by atoms with Crippen LogP contribution in [0.1, 0.15) is 51.6 Å². The third kappa shape index (κ3) is 4.00. The fourth-order valence-corrected chi connectivity index (χ4v) is 5.66. The summed E-state index contributed by atoms with van der Waals surface area (Å²) in [4.78, 5) is 31.8. The molecule has 3 saturated heterocycles. The molecule has 0 aromatic heterocycles. The molecular weight excluding hydrogens is 409 g/mol. The predicted octanol–water partition coefficient (Wildman–Crippen LogP) is 2.04. The number of nitrogens with two attached hydrogens (primary N) is 1. The Morgan fingerprint density at radius 3 is 2.59 bits per heavy atom. The second-order valence-corrected chi connectivity index (χ2v) is 10.4. The Hall–Kier alpha value is -2.50. The van der Waals surface area contributed by atoms with E-state index in [1.54, 1.807) is 17.0 Å². The summed E-state index contributed by atoms with van der Waals surface area (Å²) in [5.74, 6) is -0.460. The van der Waals surface area contributed by atoms with Crippen LogP contribution in [0.3, 0.4) is 0 Å². The summed E-state index contributed by atoms with van der Waals surface area (Å²) in [6.45, 7) is 7.81. The van der Waals surface area contributed by atoms with Gasteiger partial charge in [0.25, 0.3) is 0 Å². The molecule has 1 aromatic carbocycles. The number of fused-ring (bicyclic) bond motifs is 2. The average Bonchev–Trinajstić information content (AvgIpc) is 3.44. The van der Waals surface area contributed by atoms with E-state index < -0.39 is 12.1 Å². The molecule has 0 saturated carbocycles. The fourth-order valence-electron chi connectivity index (χ4n) is 5.66. The Morgan fingerprint density at radius 2 is 2.00 bits per heavy atom. The van der Waals surface area contributed by atoms with Crippen molar-refractivity contribution in [3.63, 3.8) is 0 Å². The van der Waals surface area contributed by atoms with Crippen molar-refractivity contribution < 1.29 is 14.0 Å². The summed E-state index contributed by atoms with van der Waals surface area (Å²) in [5, 5.41) is 9.26. The van der Waals surface area contributed by atoms with Crippen molar-refractivity contribution >= 4 is 11.8 Å². The zero-order valence-corrected chi connectivity index (χ0v) is 19.0. The highest BCUT2D eigenvalue weighted by Gasteiger charge is 2.54. The molecule has 4 rings (SSSR count). The number of rotatable bonds is 5. The number of carbonyl (C=O) groups excluding carboxylic acids is 2. The minimum Gasteiger partial charge on any atom is -0.329 e. The molecule has 2 bridgehead atoms. The quantitative estimate of drug-likeness (QED) is 0.755. The van der Waals surface area contributed by atoms with Gasteiger partial charge < -0.3 is 15.5 Å². The first-order chi connectivity index (χ1) is 15.1. The van der Waals surface area contributed by atoms with Crippen molar-refractivity contribution in [1.82, 2.24) is 14.7 Å². The molecule has 1 aromatic rings. The molecule has 172 valence electrons. The number of nitrogens with zero attached hydrogens (tertiary/aromatic N) is 4. The molecule has 2 amide bonds. The van der Waals surface area contributed by atoms with E-state index in [9.17, 15) is 19.2 Å². The Labute approximate surface area is 188 Å². The van der Waals surface area contributed by atoms with E-state index in [-0.39, 0.29) is 41.2 Å². The van der Waals surface area contributed by atoms with Crippen LogP contribution in [0.4, 0.5) is 4.39 Å². The van der Waals surface area contributed by atoms with Crippen LogP contribution in [-0.4, -0.2) is 70.3 Å². The largest absolute Gasteiger partial charge is 0.329 e. The first-order valence-corrected chi connectivity index (χ1v) is 11.4. The molecule has 1 unspecified atom stereocenters. The molecule has 5 atom stereocenters. The van der Waals surface area contributed by atoms with E-state index in [1.807, 2.05) is 9.80 Å². The van der Waals surface area contributed by atoms with Crippen LogP contribution in [0.2, 0.25) is 0 Å². The summed E-state index contributed by atoms with van der Waals surface area (Å²) >= 11 is 0. The van der Waals surface area contributed by atoms with Gasteiger partial charge >= 0.3 is 0 Å². The number of hydrogen-bond acceptors (Lipinski definition) is 5. The normalized spacial score (nSPS) is 27.6. The highest BCUT2D eigenvalue weighted by molar-refractivity contribution is 5.87. The van der Waals surface area contributed by atoms with Crippen LogP contribution in [0.25, 0.3) is 0 Å². The summed E-state index contributed by atoms with van der Waals surface area (Å²) in [5.41, 5.74) is 6.94. The SMILES string of the molecule is CC(C)(C)[C@@H](c1ccc(F)cc1)N1C(=O)[C@@H]2CC1CN2C[C@H](N)C(=O)N1CCC[C@H]1C#N. The molecule has 0 radical (unpaired) electrons. The van der Waals surface area contributed by atoms with E-state index in [0.717, 1.165) is 12.0 Å². The van der Waals surface area contributed by atoms with Gasteiger partial charge in [-0.1, -0.05) is 32.9 Å². The molecule has 3 heterocycles. The number of nitriles is 1. The molecule has 32 heavy (non-hydrogen) atoms. The molecule has 2 N–H and O–H groups in total. The maximum absolute atomic E-state index is 13.5. The molecule has 7 nitrogen and oxygen atoms in total. The Morgan fingerprint density at radius 1 is 1.31 bits per heavy atom. The predicted molar refractivity (Wildman–Crippen MR) is 118 cm³/mol. The lowest BCUT2D eigenvalue weighted by atomic mass is 9.80. The Kier molecular flexibility index (Phi) is 5.99. The number of hydrogen-bond donors (Lipinski definition) is 1. The highest BCUT2D eigenvalue weighted by atomic mass is 19.1. The second-order valence-electron chi connectivity index (χ2n) is 10.4. The second kappa shape index (κ2) is 8.45. The van der Waals surface area contributed by atoms with Crippen molar-refractivity contribution in [2.45, 2.75) is 70.2 Å². The fraction of sp³-hybridized carbons (Fsp3) is 0.625. The van der Waals surface area contributed by atoms with Gasteiger partial charge in [0.15, 0.2) is 0 Å². The van der Waals surface area contributed by atoms with E-state index in [0.29, 0.717) is 32.5 Å². The Balaban J connectivity index is 1.47. The lowest BCUT2D eigenvalue weighted by molar-refractivity contribution is -0.143. The summed E-state index contributed by atoms with van der Waals surface area (Å²) in [6.07, 6.45) is 2.21. The summed E-state index contributed by atoms with van der Waals surface area (Å²) in [7, 11) is 0. The van der Waals surface area contributed by atoms with Gasteiger partial charge in [0.1, 0.15) is 11.9 Å². The van der Waals surface area contributed by atoms with Crippen LogP contribution < -0.4 is 5.73 Å². The monoisotopic (exact) mass is 441 g/mol. The molecular formula is C24H32FN5O2. The van der Waals surface area contributed by atoms with Crippen LogP contribution in [0.15, 0.2) is 24.3 Å². The summed E-state index contributed by atoms with van der Waals surface area (Å²) in [6, 6.07) is 7.01. The van der Waals surface area contributed by atoms with Crippen LogP contribution in [0, 0.1) is 22.6 Å². The van der Waals surface area contributed by atoms with Gasteiger partial charge in [-0.25, -0.2) is 4.39 Å². The van der Waals surface area contributed by atoms with Gasteiger partial charge in [-0.15, -0.1) is 0 Å². The third-order valence-corrected chi connectivity index (χ3v) is 7.03. The third-order valence-electron chi connectivity index (χ3n) is 7.03. The van der Waals surface area contributed by atoms with Gasteiger partial charge in [0, 0.05) is 25.7 Å². The van der Waals surface area contributed by atoms with Gasteiger partial charge in [0.05, 0.1) is 24.2 Å². The van der Waals surface area contributed by atoms with E-state index in [2.05, 4.69) is 26.8 Å². The van der Waals surface area contributed by atoms with Crippen molar-refractivity contribution in [3.8, 4) is 6.07 Å². The van der Waals surface area contributed by atoms with E-state index in [1.165, 1.54) is 12.1 Å². The first-order valence-electron chi connectivity index (χ1n) is 11.4. The number of amides is 2. The zero-order valence-electron chi connectivity index (χ0n) is 19.0. The van der Waals surface area contributed by atoms with Crippen LogP contribution in [-0.2, 0) is 9.59 Å². The number of benzene rings is 1. The van der Waals surface area contributed by atoms with E-state index >= 15 is 0 Å². The molecule has 3 aliphatic rings. The highest BCUT2D eigenvalue weighted by Crippen LogP contribution is 2.45. The number of carbonyl (C=O) groups is 2. The summed E-state index contributed by atoms with van der Waals surface area (Å²) < 4.78 is 13.5. The first kappa shape index (κ1) is 22.7. The maximum atomic E-state index is 13.5. The minimum atomic E-state index is -0.750. The van der Waals surface area contributed by atoms with Crippen molar-refractivity contribution in [1.29, 1.82) is 5.26 Å². The zero-order chi connectivity index (χ0) is 23.2. The smallest absolute Gasteiger partial charge is 0.241 e. The van der Waals surface area contributed by atoms with Gasteiger partial charge in [-0.3, -0.25) is 14.5 Å². The minimum absolute atomic E-state index is 0.0303.